The molecule has 2 rings (SSSR count). The summed E-state index contributed by atoms with van der Waals surface area (Å²) in [5.41, 5.74) is 6.19. The Morgan fingerprint density at radius 1 is 1.58 bits per heavy atom. The maximum atomic E-state index is 12.3. The van der Waals surface area contributed by atoms with E-state index in [1.807, 2.05) is 4.90 Å². The second-order valence-corrected chi connectivity index (χ2v) is 5.31. The molecule has 1 aromatic rings. The number of hydrogen-bond donors (Lipinski definition) is 1. The third-order valence-electron chi connectivity index (χ3n) is 3.65. The first kappa shape index (κ1) is 16.2. The molecular formula is C13H19Cl2N3O. The van der Waals surface area contributed by atoms with E-state index in [0.29, 0.717) is 29.1 Å². The van der Waals surface area contributed by atoms with E-state index in [1.165, 1.54) is 6.20 Å². The third kappa shape index (κ3) is 3.81. The summed E-state index contributed by atoms with van der Waals surface area (Å²) in [7, 11) is 0. The predicted octanol–water partition coefficient (Wildman–Crippen LogP) is 2.21. The number of rotatable bonds is 2. The standard InChI is InChI=1S/C13H18ClN3O.ClH/c1-9-4-5-17(8-10(9)6-15)13(18)12-3-2-11(14)7-16-12;/h2-3,7,9-10H,4-6,8,15H2,1H3;1H. The second kappa shape index (κ2) is 7.08. The Balaban J connectivity index is 0.00000180. The average Bonchev–Trinajstić information content (AvgIpc) is 2.39. The first-order chi connectivity index (χ1) is 8.61. The largest absolute Gasteiger partial charge is 0.337 e. The van der Waals surface area contributed by atoms with E-state index in [2.05, 4.69) is 11.9 Å². The summed E-state index contributed by atoms with van der Waals surface area (Å²) in [5.74, 6) is 0.934. The molecule has 1 aromatic heterocycles. The molecule has 0 saturated carbocycles. The van der Waals surface area contributed by atoms with E-state index in [-0.39, 0.29) is 18.3 Å². The molecule has 0 radical (unpaired) electrons. The Kier molecular flexibility index (Phi) is 6.04. The van der Waals surface area contributed by atoms with Gasteiger partial charge < -0.3 is 10.6 Å². The van der Waals surface area contributed by atoms with Gasteiger partial charge in [-0.05, 0) is 36.9 Å². The third-order valence-corrected chi connectivity index (χ3v) is 3.87. The van der Waals surface area contributed by atoms with Crippen LogP contribution in [-0.2, 0) is 0 Å². The lowest BCUT2D eigenvalue weighted by Crippen LogP contribution is -2.45. The van der Waals surface area contributed by atoms with Crippen LogP contribution in [0.2, 0.25) is 5.02 Å². The fraction of sp³-hybridized carbons (Fsp3) is 0.538. The Hall–Kier alpha value is -0.840. The second-order valence-electron chi connectivity index (χ2n) is 4.87. The lowest BCUT2D eigenvalue weighted by atomic mass is 9.87. The van der Waals surface area contributed by atoms with Gasteiger partial charge in [0.2, 0.25) is 0 Å². The van der Waals surface area contributed by atoms with Crippen LogP contribution < -0.4 is 5.73 Å². The molecule has 2 N–H and O–H groups in total. The zero-order chi connectivity index (χ0) is 13.1. The van der Waals surface area contributed by atoms with Crippen molar-refractivity contribution in [1.29, 1.82) is 0 Å². The van der Waals surface area contributed by atoms with Crippen LogP contribution >= 0.6 is 24.0 Å². The monoisotopic (exact) mass is 303 g/mol. The highest BCUT2D eigenvalue weighted by Gasteiger charge is 2.28. The normalized spacial score (nSPS) is 22.8. The molecule has 1 saturated heterocycles. The number of amides is 1. The summed E-state index contributed by atoms with van der Waals surface area (Å²) in [4.78, 5) is 18.2. The number of carbonyl (C=O) groups excluding carboxylic acids is 1. The molecule has 0 aromatic carbocycles. The van der Waals surface area contributed by atoms with Gasteiger partial charge in [-0.25, -0.2) is 4.98 Å². The Morgan fingerprint density at radius 3 is 2.89 bits per heavy atom. The van der Waals surface area contributed by atoms with Crippen molar-refractivity contribution in [2.24, 2.45) is 17.6 Å². The first-order valence-electron chi connectivity index (χ1n) is 6.22. The Morgan fingerprint density at radius 2 is 2.32 bits per heavy atom. The topological polar surface area (TPSA) is 59.2 Å². The van der Waals surface area contributed by atoms with Gasteiger partial charge in [0.15, 0.2) is 0 Å². The molecule has 19 heavy (non-hydrogen) atoms. The fourth-order valence-electron chi connectivity index (χ4n) is 2.31. The molecule has 4 nitrogen and oxygen atoms in total. The van der Waals surface area contributed by atoms with Crippen molar-refractivity contribution in [1.82, 2.24) is 9.88 Å². The maximum Gasteiger partial charge on any atom is 0.272 e. The minimum Gasteiger partial charge on any atom is -0.337 e. The van der Waals surface area contributed by atoms with Crippen LogP contribution in [0, 0.1) is 11.8 Å². The summed E-state index contributed by atoms with van der Waals surface area (Å²) in [6, 6.07) is 3.36. The van der Waals surface area contributed by atoms with E-state index >= 15 is 0 Å². The highest BCUT2D eigenvalue weighted by molar-refractivity contribution is 6.30. The van der Waals surface area contributed by atoms with Crippen molar-refractivity contribution >= 4 is 29.9 Å². The van der Waals surface area contributed by atoms with Crippen LogP contribution in [0.25, 0.3) is 0 Å². The number of nitrogens with zero attached hydrogens (tertiary/aromatic N) is 2. The van der Waals surface area contributed by atoms with Crippen LogP contribution in [0.1, 0.15) is 23.8 Å². The lowest BCUT2D eigenvalue weighted by molar-refractivity contribution is 0.0612. The molecule has 2 heterocycles. The lowest BCUT2D eigenvalue weighted by Gasteiger charge is -2.36. The van der Waals surface area contributed by atoms with Crippen molar-refractivity contribution in [3.05, 3.63) is 29.0 Å². The summed E-state index contributed by atoms with van der Waals surface area (Å²) >= 11 is 5.76. The van der Waals surface area contributed by atoms with E-state index < -0.39 is 0 Å². The van der Waals surface area contributed by atoms with Crippen molar-refractivity contribution in [3.63, 3.8) is 0 Å². The molecule has 0 aliphatic carbocycles. The number of aromatic nitrogens is 1. The van der Waals surface area contributed by atoms with Crippen molar-refractivity contribution in [2.75, 3.05) is 19.6 Å². The predicted molar refractivity (Wildman–Crippen MR) is 78.7 cm³/mol. The number of hydrogen-bond acceptors (Lipinski definition) is 3. The molecule has 1 fully saturated rings. The van der Waals surface area contributed by atoms with Crippen LogP contribution in [0.4, 0.5) is 0 Å². The number of nitrogens with two attached hydrogens (primary N) is 1. The van der Waals surface area contributed by atoms with E-state index in [9.17, 15) is 4.79 Å². The molecule has 6 heteroatoms. The van der Waals surface area contributed by atoms with Gasteiger partial charge in [-0.15, -0.1) is 12.4 Å². The molecule has 0 spiro atoms. The van der Waals surface area contributed by atoms with Crippen LogP contribution in [0.3, 0.4) is 0 Å². The van der Waals surface area contributed by atoms with Gasteiger partial charge in [0, 0.05) is 19.3 Å². The SMILES string of the molecule is CC1CCN(C(=O)c2ccc(Cl)cn2)CC1CN.Cl. The minimum atomic E-state index is -0.0305. The Labute approximate surface area is 124 Å². The van der Waals surface area contributed by atoms with E-state index in [0.717, 1.165) is 19.5 Å². The summed E-state index contributed by atoms with van der Waals surface area (Å²) in [6.45, 7) is 4.32. The summed E-state index contributed by atoms with van der Waals surface area (Å²) < 4.78 is 0. The van der Waals surface area contributed by atoms with Crippen LogP contribution in [-0.4, -0.2) is 35.4 Å². The molecule has 2 atom stereocenters. The molecule has 1 aliphatic rings. The molecular weight excluding hydrogens is 285 g/mol. The van der Waals surface area contributed by atoms with Crippen molar-refractivity contribution in [2.45, 2.75) is 13.3 Å². The van der Waals surface area contributed by atoms with Crippen molar-refractivity contribution in [3.8, 4) is 0 Å². The smallest absolute Gasteiger partial charge is 0.272 e. The fourth-order valence-corrected chi connectivity index (χ4v) is 2.42. The van der Waals surface area contributed by atoms with Crippen molar-refractivity contribution < 1.29 is 4.79 Å². The Bertz CT molecular complexity index is 424. The highest BCUT2D eigenvalue weighted by Crippen LogP contribution is 2.23. The highest BCUT2D eigenvalue weighted by atomic mass is 35.5. The maximum absolute atomic E-state index is 12.3. The molecule has 106 valence electrons. The summed E-state index contributed by atoms with van der Waals surface area (Å²) in [6.07, 6.45) is 2.50. The molecule has 2 unspecified atom stereocenters. The number of pyridine rings is 1. The van der Waals surface area contributed by atoms with Crippen LogP contribution in [0.5, 0.6) is 0 Å². The zero-order valence-corrected chi connectivity index (χ0v) is 12.5. The number of halogens is 2. The van der Waals surface area contributed by atoms with Gasteiger partial charge in [-0.3, -0.25) is 4.79 Å². The summed E-state index contributed by atoms with van der Waals surface area (Å²) in [5, 5.41) is 0.540. The van der Waals surface area contributed by atoms with Crippen LogP contribution in [0.15, 0.2) is 18.3 Å². The number of likely N-dealkylation sites (tertiary alicyclic amines) is 1. The van der Waals surface area contributed by atoms with E-state index in [1.54, 1.807) is 12.1 Å². The number of carbonyl (C=O) groups is 1. The first-order valence-corrected chi connectivity index (χ1v) is 6.60. The van der Waals surface area contributed by atoms with Gasteiger partial charge in [0.25, 0.3) is 5.91 Å². The molecule has 1 aliphatic heterocycles. The minimum absolute atomic E-state index is 0. The molecule has 1 amide bonds. The van der Waals surface area contributed by atoms with Gasteiger partial charge in [0.1, 0.15) is 5.69 Å². The van der Waals surface area contributed by atoms with Gasteiger partial charge in [-0.1, -0.05) is 18.5 Å². The quantitative estimate of drug-likeness (QED) is 0.911. The average molecular weight is 304 g/mol. The molecule has 0 bridgehead atoms. The van der Waals surface area contributed by atoms with E-state index in [4.69, 9.17) is 17.3 Å². The van der Waals surface area contributed by atoms with Gasteiger partial charge >= 0.3 is 0 Å². The zero-order valence-electron chi connectivity index (χ0n) is 10.9. The number of piperidine rings is 1. The van der Waals surface area contributed by atoms with Gasteiger partial charge in [-0.2, -0.15) is 0 Å². The van der Waals surface area contributed by atoms with Gasteiger partial charge in [0.05, 0.1) is 5.02 Å².